The number of benzene rings is 2. The summed E-state index contributed by atoms with van der Waals surface area (Å²) in [5.41, 5.74) is 2.85. The van der Waals surface area contributed by atoms with Crippen molar-refractivity contribution >= 4 is 23.6 Å². The molecule has 1 aliphatic rings. The van der Waals surface area contributed by atoms with Crippen molar-refractivity contribution in [2.75, 3.05) is 5.75 Å². The highest BCUT2D eigenvalue weighted by molar-refractivity contribution is 8.00. The molecular weight excluding hydrogens is 329 g/mol. The molecule has 0 saturated carbocycles. The van der Waals surface area contributed by atoms with Crippen molar-refractivity contribution in [2.24, 2.45) is 0 Å². The second-order valence-electron chi connectivity index (χ2n) is 5.68. The molecule has 24 heavy (non-hydrogen) atoms. The predicted molar refractivity (Wildman–Crippen MR) is 90.3 cm³/mol. The van der Waals surface area contributed by atoms with Gasteiger partial charge in [0.1, 0.15) is 11.2 Å². The van der Waals surface area contributed by atoms with Gasteiger partial charge in [-0.05, 0) is 47.9 Å². The van der Waals surface area contributed by atoms with E-state index >= 15 is 0 Å². The van der Waals surface area contributed by atoms with Gasteiger partial charge in [-0.25, -0.2) is 9.18 Å². The van der Waals surface area contributed by atoms with Crippen LogP contribution in [0, 0.1) is 12.7 Å². The van der Waals surface area contributed by atoms with E-state index in [1.807, 2.05) is 6.92 Å². The highest BCUT2D eigenvalue weighted by Gasteiger charge is 2.33. The fraction of sp³-hybridized carbons (Fsp3) is 0.222. The first kappa shape index (κ1) is 16.5. The maximum Gasteiger partial charge on any atom is 0.335 e. The second-order valence-corrected chi connectivity index (χ2v) is 6.75. The number of rotatable bonds is 4. The normalized spacial score (nSPS) is 17.3. The summed E-state index contributed by atoms with van der Waals surface area (Å²) < 4.78 is 13.1. The minimum atomic E-state index is -0.971. The monoisotopic (exact) mass is 345 g/mol. The number of halogens is 1. The number of hydrogen-bond donors (Lipinski definition) is 1. The fourth-order valence-electron chi connectivity index (χ4n) is 2.72. The molecule has 0 bridgehead atoms. The van der Waals surface area contributed by atoms with Gasteiger partial charge < -0.3 is 10.0 Å². The summed E-state index contributed by atoms with van der Waals surface area (Å²) >= 11 is 1.51. The molecule has 3 rings (SSSR count). The zero-order chi connectivity index (χ0) is 17.3. The minimum Gasteiger partial charge on any atom is -0.478 e. The zero-order valence-electron chi connectivity index (χ0n) is 13.0. The molecule has 0 aromatic heterocycles. The lowest BCUT2D eigenvalue weighted by atomic mass is 10.0. The number of carbonyl (C=O) groups is 2. The van der Waals surface area contributed by atoms with Crippen molar-refractivity contribution in [2.45, 2.75) is 18.8 Å². The van der Waals surface area contributed by atoms with E-state index in [2.05, 4.69) is 0 Å². The molecule has 6 heteroatoms. The summed E-state index contributed by atoms with van der Waals surface area (Å²) in [6, 6.07) is 11.1. The van der Waals surface area contributed by atoms with E-state index in [4.69, 9.17) is 5.11 Å². The van der Waals surface area contributed by atoms with Crippen LogP contribution in [-0.4, -0.2) is 27.6 Å². The third-order valence-electron chi connectivity index (χ3n) is 4.05. The van der Waals surface area contributed by atoms with Crippen LogP contribution in [0.5, 0.6) is 0 Å². The number of carbonyl (C=O) groups excluding carboxylic acids is 1. The SMILES string of the molecule is Cc1cc(C(=O)O)ccc1CN1C(=O)CSC1c1ccc(F)cc1. The lowest BCUT2D eigenvalue weighted by Gasteiger charge is -2.25. The molecule has 1 saturated heterocycles. The molecule has 0 aliphatic carbocycles. The highest BCUT2D eigenvalue weighted by atomic mass is 32.2. The topological polar surface area (TPSA) is 57.6 Å². The summed E-state index contributed by atoms with van der Waals surface area (Å²) in [5, 5.41) is 8.89. The van der Waals surface area contributed by atoms with E-state index in [0.29, 0.717) is 12.3 Å². The van der Waals surface area contributed by atoms with Gasteiger partial charge in [-0.15, -0.1) is 11.8 Å². The van der Waals surface area contributed by atoms with E-state index < -0.39 is 5.97 Å². The van der Waals surface area contributed by atoms with E-state index in [0.717, 1.165) is 16.7 Å². The highest BCUT2D eigenvalue weighted by Crippen LogP contribution is 2.39. The van der Waals surface area contributed by atoms with Crippen molar-refractivity contribution in [1.29, 1.82) is 0 Å². The Morgan fingerprint density at radius 1 is 1.29 bits per heavy atom. The Bertz CT molecular complexity index is 791. The molecule has 1 fully saturated rings. The Balaban J connectivity index is 1.85. The van der Waals surface area contributed by atoms with Crippen molar-refractivity contribution in [3.8, 4) is 0 Å². The molecule has 1 N–H and O–H groups in total. The molecule has 1 aliphatic heterocycles. The summed E-state index contributed by atoms with van der Waals surface area (Å²) in [7, 11) is 0. The average Bonchev–Trinajstić information content (AvgIpc) is 2.91. The van der Waals surface area contributed by atoms with Crippen LogP contribution in [0.15, 0.2) is 42.5 Å². The third kappa shape index (κ3) is 3.28. The molecule has 1 amide bonds. The molecule has 0 radical (unpaired) electrons. The van der Waals surface area contributed by atoms with Crippen molar-refractivity contribution in [3.05, 3.63) is 70.5 Å². The van der Waals surface area contributed by atoms with Gasteiger partial charge in [-0.3, -0.25) is 4.79 Å². The number of nitrogens with zero attached hydrogens (tertiary/aromatic N) is 1. The maximum absolute atomic E-state index is 13.1. The Kier molecular flexibility index (Phi) is 4.57. The van der Waals surface area contributed by atoms with Crippen LogP contribution in [-0.2, 0) is 11.3 Å². The first-order valence-corrected chi connectivity index (χ1v) is 8.50. The molecule has 2 aromatic rings. The lowest BCUT2D eigenvalue weighted by Crippen LogP contribution is -2.28. The summed E-state index contributed by atoms with van der Waals surface area (Å²) in [5.74, 6) is -0.869. The number of aryl methyl sites for hydroxylation is 1. The van der Waals surface area contributed by atoms with E-state index in [1.165, 1.54) is 23.9 Å². The van der Waals surface area contributed by atoms with Crippen LogP contribution in [0.1, 0.15) is 32.4 Å². The van der Waals surface area contributed by atoms with E-state index in [-0.39, 0.29) is 22.7 Å². The maximum atomic E-state index is 13.1. The first-order valence-electron chi connectivity index (χ1n) is 7.45. The van der Waals surface area contributed by atoms with Crippen molar-refractivity contribution in [3.63, 3.8) is 0 Å². The van der Waals surface area contributed by atoms with Crippen LogP contribution in [0.25, 0.3) is 0 Å². The van der Waals surface area contributed by atoms with E-state index in [1.54, 1.807) is 35.2 Å². The smallest absolute Gasteiger partial charge is 0.335 e. The zero-order valence-corrected chi connectivity index (χ0v) is 13.8. The molecule has 2 aromatic carbocycles. The van der Waals surface area contributed by atoms with Crippen molar-refractivity contribution in [1.82, 2.24) is 4.90 Å². The number of carboxylic acids is 1. The van der Waals surface area contributed by atoms with Crippen LogP contribution < -0.4 is 0 Å². The van der Waals surface area contributed by atoms with Gasteiger partial charge in [0.25, 0.3) is 0 Å². The summed E-state index contributed by atoms with van der Waals surface area (Å²) in [4.78, 5) is 25.0. The van der Waals surface area contributed by atoms with Gasteiger partial charge in [0.05, 0.1) is 11.3 Å². The number of aromatic carboxylic acids is 1. The third-order valence-corrected chi connectivity index (χ3v) is 5.31. The summed E-state index contributed by atoms with van der Waals surface area (Å²) in [6.45, 7) is 2.24. The van der Waals surface area contributed by atoms with Gasteiger partial charge in [-0.1, -0.05) is 18.2 Å². The minimum absolute atomic E-state index is 0.0241. The van der Waals surface area contributed by atoms with E-state index in [9.17, 15) is 14.0 Å². The lowest BCUT2D eigenvalue weighted by molar-refractivity contribution is -0.128. The Labute approximate surface area is 143 Å². The van der Waals surface area contributed by atoms with Crippen LogP contribution in [0.4, 0.5) is 4.39 Å². The number of hydrogen-bond acceptors (Lipinski definition) is 3. The molecule has 1 atom stereocenters. The molecule has 1 unspecified atom stereocenters. The molecular formula is C18H16FNO3S. The molecule has 4 nitrogen and oxygen atoms in total. The number of thioether (sulfide) groups is 1. The largest absolute Gasteiger partial charge is 0.478 e. The molecule has 124 valence electrons. The summed E-state index contributed by atoms with van der Waals surface area (Å²) in [6.07, 6.45) is 0. The number of amides is 1. The van der Waals surface area contributed by atoms with Crippen LogP contribution in [0.3, 0.4) is 0 Å². The molecule has 0 spiro atoms. The Hall–Kier alpha value is -2.34. The first-order chi connectivity index (χ1) is 11.5. The second kappa shape index (κ2) is 6.65. The van der Waals surface area contributed by atoms with Gasteiger partial charge >= 0.3 is 5.97 Å². The molecule has 1 heterocycles. The van der Waals surface area contributed by atoms with Crippen molar-refractivity contribution < 1.29 is 19.1 Å². The van der Waals surface area contributed by atoms with Gasteiger partial charge in [0.15, 0.2) is 0 Å². The van der Waals surface area contributed by atoms with Gasteiger partial charge in [0.2, 0.25) is 5.91 Å². The number of carboxylic acid groups (broad SMARTS) is 1. The Morgan fingerprint density at radius 2 is 2.00 bits per heavy atom. The fourth-order valence-corrected chi connectivity index (χ4v) is 3.91. The van der Waals surface area contributed by atoms with Gasteiger partial charge in [-0.2, -0.15) is 0 Å². The van der Waals surface area contributed by atoms with Crippen LogP contribution in [0.2, 0.25) is 0 Å². The average molecular weight is 345 g/mol. The standard InChI is InChI=1S/C18H16FNO3S/c1-11-8-13(18(22)23)2-3-14(11)9-20-16(21)10-24-17(20)12-4-6-15(19)7-5-12/h2-8,17H,9-10H2,1H3,(H,22,23). The quantitative estimate of drug-likeness (QED) is 0.920. The van der Waals surface area contributed by atoms with Gasteiger partial charge in [0, 0.05) is 6.54 Å². The Morgan fingerprint density at radius 3 is 2.62 bits per heavy atom. The predicted octanol–water partition coefficient (Wildman–Crippen LogP) is 3.61. The van der Waals surface area contributed by atoms with Crippen LogP contribution >= 0.6 is 11.8 Å².